The molecule has 1 unspecified atom stereocenters. The van der Waals surface area contributed by atoms with Gasteiger partial charge in [0, 0.05) is 13.1 Å². The van der Waals surface area contributed by atoms with Gasteiger partial charge in [-0.05, 0) is 49.6 Å². The number of benzene rings is 1. The Bertz CT molecular complexity index is 755. The fourth-order valence-corrected chi connectivity index (χ4v) is 3.09. The number of nitrogens with one attached hydrogen (secondary N) is 1. The van der Waals surface area contributed by atoms with Crippen LogP contribution in [-0.4, -0.2) is 36.9 Å². The fourth-order valence-electron chi connectivity index (χ4n) is 3.09. The molecule has 0 bridgehead atoms. The molecule has 2 aromatic rings. The molecule has 6 nitrogen and oxygen atoms in total. The number of ether oxygens (including phenoxy) is 1. The molecule has 1 aromatic heterocycles. The van der Waals surface area contributed by atoms with Gasteiger partial charge in [-0.3, -0.25) is 9.59 Å². The molecule has 3 rings (SSSR count). The lowest BCUT2D eigenvalue weighted by Gasteiger charge is -2.31. The van der Waals surface area contributed by atoms with Gasteiger partial charge >= 0.3 is 0 Å². The predicted molar refractivity (Wildman–Crippen MR) is 93.7 cm³/mol. The molecule has 1 aromatic carbocycles. The molecule has 1 saturated heterocycles. The second-order valence-electron chi connectivity index (χ2n) is 6.26. The highest BCUT2D eigenvalue weighted by molar-refractivity contribution is 5.96. The van der Waals surface area contributed by atoms with Crippen LogP contribution in [0.3, 0.4) is 0 Å². The molecule has 25 heavy (non-hydrogen) atoms. The number of rotatable bonds is 4. The van der Waals surface area contributed by atoms with E-state index in [-0.39, 0.29) is 17.7 Å². The fraction of sp³-hybridized carbons (Fsp3) is 0.368. The number of carbonyl (C=O) groups excluding carboxylic acids is 2. The van der Waals surface area contributed by atoms with Crippen LogP contribution < -0.4 is 10.1 Å². The maximum Gasteiger partial charge on any atom is 0.289 e. The van der Waals surface area contributed by atoms with Crippen molar-refractivity contribution in [3.05, 3.63) is 47.9 Å². The molecule has 2 heterocycles. The van der Waals surface area contributed by atoms with Crippen molar-refractivity contribution in [1.82, 2.24) is 4.90 Å². The van der Waals surface area contributed by atoms with Crippen LogP contribution >= 0.6 is 0 Å². The maximum atomic E-state index is 12.7. The van der Waals surface area contributed by atoms with E-state index in [0.717, 1.165) is 18.4 Å². The Labute approximate surface area is 146 Å². The van der Waals surface area contributed by atoms with Crippen LogP contribution in [-0.2, 0) is 4.79 Å². The van der Waals surface area contributed by atoms with Gasteiger partial charge in [-0.2, -0.15) is 0 Å². The summed E-state index contributed by atoms with van der Waals surface area (Å²) < 4.78 is 10.5. The first kappa shape index (κ1) is 17.1. The molecule has 2 amide bonds. The summed E-state index contributed by atoms with van der Waals surface area (Å²) in [7, 11) is 1.57. The van der Waals surface area contributed by atoms with E-state index in [9.17, 15) is 9.59 Å². The number of anilines is 1. The summed E-state index contributed by atoms with van der Waals surface area (Å²) in [6.07, 6.45) is 3.02. The molecule has 0 radical (unpaired) electrons. The van der Waals surface area contributed by atoms with E-state index in [2.05, 4.69) is 5.32 Å². The molecule has 0 spiro atoms. The standard InChI is InChI=1S/C19H22N2O4/c1-13-7-8-16(24-2)15(11-13)20-18(22)14-5-3-9-21(12-14)19(23)17-6-4-10-25-17/h4,6-8,10-11,14H,3,5,9,12H2,1-2H3,(H,20,22). The number of likely N-dealkylation sites (tertiary alicyclic amines) is 1. The summed E-state index contributed by atoms with van der Waals surface area (Å²) in [4.78, 5) is 26.8. The van der Waals surface area contributed by atoms with Crippen molar-refractivity contribution < 1.29 is 18.7 Å². The minimum atomic E-state index is -0.252. The second-order valence-corrected chi connectivity index (χ2v) is 6.26. The molecule has 0 aliphatic carbocycles. The van der Waals surface area contributed by atoms with Crippen molar-refractivity contribution in [1.29, 1.82) is 0 Å². The number of methoxy groups -OCH3 is 1. The highest BCUT2D eigenvalue weighted by Crippen LogP contribution is 2.27. The van der Waals surface area contributed by atoms with Gasteiger partial charge in [0.25, 0.3) is 5.91 Å². The van der Waals surface area contributed by atoms with E-state index < -0.39 is 0 Å². The zero-order chi connectivity index (χ0) is 17.8. The van der Waals surface area contributed by atoms with E-state index in [1.165, 1.54) is 6.26 Å². The van der Waals surface area contributed by atoms with Gasteiger partial charge in [0.15, 0.2) is 5.76 Å². The van der Waals surface area contributed by atoms with Crippen LogP contribution in [0.4, 0.5) is 5.69 Å². The zero-order valence-corrected chi connectivity index (χ0v) is 14.5. The highest BCUT2D eigenvalue weighted by Gasteiger charge is 2.30. The van der Waals surface area contributed by atoms with Gasteiger partial charge in [-0.15, -0.1) is 0 Å². The Morgan fingerprint density at radius 3 is 2.88 bits per heavy atom. The SMILES string of the molecule is COc1ccc(C)cc1NC(=O)C1CCCN(C(=O)c2ccco2)C1. The van der Waals surface area contributed by atoms with E-state index in [0.29, 0.717) is 30.3 Å². The van der Waals surface area contributed by atoms with Gasteiger partial charge in [0.05, 0.1) is 25.0 Å². The first-order valence-corrected chi connectivity index (χ1v) is 8.37. The second kappa shape index (κ2) is 7.42. The van der Waals surface area contributed by atoms with E-state index in [4.69, 9.17) is 9.15 Å². The molecule has 1 aliphatic rings. The molecule has 1 aliphatic heterocycles. The summed E-state index contributed by atoms with van der Waals surface area (Å²) >= 11 is 0. The number of aryl methyl sites for hydroxylation is 1. The lowest BCUT2D eigenvalue weighted by Crippen LogP contribution is -2.43. The molecular weight excluding hydrogens is 320 g/mol. The lowest BCUT2D eigenvalue weighted by atomic mass is 9.96. The molecule has 132 valence electrons. The smallest absolute Gasteiger partial charge is 0.289 e. The molecule has 1 N–H and O–H groups in total. The molecular formula is C19H22N2O4. The predicted octanol–water partition coefficient (Wildman–Crippen LogP) is 3.09. The summed E-state index contributed by atoms with van der Waals surface area (Å²) in [6.45, 7) is 2.98. The van der Waals surface area contributed by atoms with Crippen LogP contribution in [0.25, 0.3) is 0 Å². The normalized spacial score (nSPS) is 17.2. The largest absolute Gasteiger partial charge is 0.495 e. The van der Waals surface area contributed by atoms with E-state index in [1.54, 1.807) is 24.1 Å². The van der Waals surface area contributed by atoms with Crippen molar-refractivity contribution in [2.24, 2.45) is 5.92 Å². The maximum absolute atomic E-state index is 12.7. The first-order chi connectivity index (χ1) is 12.1. The number of hydrogen-bond donors (Lipinski definition) is 1. The molecule has 0 saturated carbocycles. The average Bonchev–Trinajstić information content (AvgIpc) is 3.16. The number of furan rings is 1. The van der Waals surface area contributed by atoms with Crippen LogP contribution in [0, 0.1) is 12.8 Å². The van der Waals surface area contributed by atoms with Crippen molar-refractivity contribution in [2.45, 2.75) is 19.8 Å². The van der Waals surface area contributed by atoms with Crippen molar-refractivity contribution in [3.63, 3.8) is 0 Å². The van der Waals surface area contributed by atoms with Crippen LogP contribution in [0.2, 0.25) is 0 Å². The highest BCUT2D eigenvalue weighted by atomic mass is 16.5. The van der Waals surface area contributed by atoms with Gasteiger partial charge < -0.3 is 19.4 Å². The van der Waals surface area contributed by atoms with Crippen molar-refractivity contribution >= 4 is 17.5 Å². The van der Waals surface area contributed by atoms with Gasteiger partial charge in [-0.1, -0.05) is 6.07 Å². The van der Waals surface area contributed by atoms with Crippen LogP contribution in [0.1, 0.15) is 29.0 Å². The van der Waals surface area contributed by atoms with Gasteiger partial charge in [0.1, 0.15) is 5.75 Å². The summed E-state index contributed by atoms with van der Waals surface area (Å²) in [5, 5.41) is 2.94. The first-order valence-electron chi connectivity index (χ1n) is 8.37. The minimum absolute atomic E-state index is 0.0964. The third-order valence-corrected chi connectivity index (χ3v) is 4.42. The zero-order valence-electron chi connectivity index (χ0n) is 14.5. The Hall–Kier alpha value is -2.76. The average molecular weight is 342 g/mol. The number of nitrogens with zero attached hydrogens (tertiary/aromatic N) is 1. The molecule has 6 heteroatoms. The molecule has 1 fully saturated rings. The Kier molecular flexibility index (Phi) is 5.07. The van der Waals surface area contributed by atoms with Crippen molar-refractivity contribution in [3.8, 4) is 5.75 Å². The third-order valence-electron chi connectivity index (χ3n) is 4.42. The summed E-state index contributed by atoms with van der Waals surface area (Å²) in [5.74, 6) is 0.411. The minimum Gasteiger partial charge on any atom is -0.495 e. The Morgan fingerprint density at radius 1 is 1.32 bits per heavy atom. The van der Waals surface area contributed by atoms with Crippen LogP contribution in [0.5, 0.6) is 5.75 Å². The summed E-state index contributed by atoms with van der Waals surface area (Å²) in [5.41, 5.74) is 1.69. The number of carbonyl (C=O) groups is 2. The third kappa shape index (κ3) is 3.84. The monoisotopic (exact) mass is 342 g/mol. The van der Waals surface area contributed by atoms with Crippen molar-refractivity contribution in [2.75, 3.05) is 25.5 Å². The van der Waals surface area contributed by atoms with Crippen LogP contribution in [0.15, 0.2) is 41.0 Å². The Balaban J connectivity index is 1.68. The number of hydrogen-bond acceptors (Lipinski definition) is 4. The van der Waals surface area contributed by atoms with E-state index >= 15 is 0 Å². The van der Waals surface area contributed by atoms with Gasteiger partial charge in [0.2, 0.25) is 5.91 Å². The van der Waals surface area contributed by atoms with Gasteiger partial charge in [-0.25, -0.2) is 0 Å². The topological polar surface area (TPSA) is 71.8 Å². The lowest BCUT2D eigenvalue weighted by molar-refractivity contribution is -0.121. The number of amides is 2. The number of piperidine rings is 1. The molecule has 1 atom stereocenters. The van der Waals surface area contributed by atoms with E-state index in [1.807, 2.05) is 25.1 Å². The summed E-state index contributed by atoms with van der Waals surface area (Å²) in [6, 6.07) is 8.97. The quantitative estimate of drug-likeness (QED) is 0.927. The Morgan fingerprint density at radius 2 is 2.16 bits per heavy atom.